The van der Waals surface area contributed by atoms with Gasteiger partial charge in [-0.15, -0.1) is 17.0 Å². The number of guanidine groups is 1. The predicted molar refractivity (Wildman–Crippen MR) is 87.4 cm³/mol. The molecule has 0 bridgehead atoms. The zero-order valence-corrected chi connectivity index (χ0v) is 13.6. The SMILES string of the molecule is Br.CN=C(NCCNC(C)=O)Nc1ccc(C(=O)O)cc1. The van der Waals surface area contributed by atoms with Crippen molar-refractivity contribution in [2.24, 2.45) is 4.99 Å². The van der Waals surface area contributed by atoms with Crippen molar-refractivity contribution < 1.29 is 14.7 Å². The van der Waals surface area contributed by atoms with Crippen LogP contribution in [-0.2, 0) is 4.79 Å². The van der Waals surface area contributed by atoms with Gasteiger partial charge in [0.25, 0.3) is 0 Å². The highest BCUT2D eigenvalue weighted by Crippen LogP contribution is 2.09. The van der Waals surface area contributed by atoms with Gasteiger partial charge in [0.15, 0.2) is 5.96 Å². The maximum atomic E-state index is 10.7. The van der Waals surface area contributed by atoms with E-state index in [1.54, 1.807) is 19.2 Å². The summed E-state index contributed by atoms with van der Waals surface area (Å²) in [7, 11) is 1.62. The van der Waals surface area contributed by atoms with E-state index in [-0.39, 0.29) is 28.5 Å². The van der Waals surface area contributed by atoms with E-state index in [0.717, 1.165) is 5.69 Å². The van der Waals surface area contributed by atoms with Crippen LogP contribution < -0.4 is 16.0 Å². The number of carbonyl (C=O) groups excluding carboxylic acids is 1. The van der Waals surface area contributed by atoms with E-state index in [2.05, 4.69) is 20.9 Å². The summed E-state index contributed by atoms with van der Waals surface area (Å²) >= 11 is 0. The van der Waals surface area contributed by atoms with E-state index in [1.165, 1.54) is 19.1 Å². The van der Waals surface area contributed by atoms with E-state index in [0.29, 0.717) is 19.0 Å². The minimum absolute atomic E-state index is 0. The molecule has 1 aromatic rings. The summed E-state index contributed by atoms with van der Waals surface area (Å²) in [4.78, 5) is 25.5. The zero-order chi connectivity index (χ0) is 15.0. The lowest BCUT2D eigenvalue weighted by molar-refractivity contribution is -0.118. The van der Waals surface area contributed by atoms with Crippen LogP contribution in [0.25, 0.3) is 0 Å². The first-order chi connectivity index (χ1) is 9.52. The highest BCUT2D eigenvalue weighted by Gasteiger charge is 2.03. The zero-order valence-electron chi connectivity index (χ0n) is 11.8. The molecule has 0 saturated carbocycles. The Labute approximate surface area is 133 Å². The van der Waals surface area contributed by atoms with Crippen molar-refractivity contribution in [3.05, 3.63) is 29.8 Å². The molecule has 1 aromatic carbocycles. The lowest BCUT2D eigenvalue weighted by Crippen LogP contribution is -2.37. The van der Waals surface area contributed by atoms with Gasteiger partial charge in [-0.05, 0) is 24.3 Å². The quantitative estimate of drug-likeness (QED) is 0.358. The molecule has 0 radical (unpaired) electrons. The van der Waals surface area contributed by atoms with E-state index < -0.39 is 5.97 Å². The van der Waals surface area contributed by atoms with E-state index in [9.17, 15) is 9.59 Å². The second-order valence-corrected chi connectivity index (χ2v) is 3.99. The fourth-order valence-corrected chi connectivity index (χ4v) is 1.43. The van der Waals surface area contributed by atoms with Crippen LogP contribution in [0, 0.1) is 0 Å². The Morgan fingerprint density at radius 3 is 2.19 bits per heavy atom. The average molecular weight is 359 g/mol. The molecule has 0 aliphatic rings. The number of nitrogens with zero attached hydrogens (tertiary/aromatic N) is 1. The van der Waals surface area contributed by atoms with Gasteiger partial charge in [-0.2, -0.15) is 0 Å². The summed E-state index contributed by atoms with van der Waals surface area (Å²) in [6, 6.07) is 6.33. The van der Waals surface area contributed by atoms with Crippen molar-refractivity contribution in [3.8, 4) is 0 Å². The minimum Gasteiger partial charge on any atom is -0.478 e. The molecule has 8 heteroatoms. The number of aromatic carboxylic acids is 1. The third-order valence-corrected chi connectivity index (χ3v) is 2.41. The molecule has 1 rings (SSSR count). The van der Waals surface area contributed by atoms with Gasteiger partial charge in [-0.3, -0.25) is 9.79 Å². The Morgan fingerprint density at radius 1 is 1.14 bits per heavy atom. The van der Waals surface area contributed by atoms with Crippen LogP contribution >= 0.6 is 17.0 Å². The summed E-state index contributed by atoms with van der Waals surface area (Å²) in [5.41, 5.74) is 0.951. The fraction of sp³-hybridized carbons (Fsp3) is 0.308. The Balaban J connectivity index is 0.00000400. The number of carboxylic acids is 1. The van der Waals surface area contributed by atoms with Crippen LogP contribution in [0.2, 0.25) is 0 Å². The molecular formula is C13H19BrN4O3. The van der Waals surface area contributed by atoms with Crippen LogP contribution in [0.4, 0.5) is 5.69 Å². The van der Waals surface area contributed by atoms with Gasteiger partial charge in [0.2, 0.25) is 5.91 Å². The average Bonchev–Trinajstić information content (AvgIpc) is 2.42. The number of rotatable bonds is 5. The lowest BCUT2D eigenvalue weighted by Gasteiger charge is -2.12. The Bertz CT molecular complexity index is 503. The number of benzene rings is 1. The molecule has 0 saturated heterocycles. The number of nitrogens with one attached hydrogen (secondary N) is 3. The molecule has 0 atom stereocenters. The summed E-state index contributed by atoms with van der Waals surface area (Å²) in [6.45, 7) is 2.48. The van der Waals surface area contributed by atoms with Crippen LogP contribution in [-0.4, -0.2) is 43.1 Å². The highest BCUT2D eigenvalue weighted by atomic mass is 79.9. The normalized spacial score (nSPS) is 10.3. The standard InChI is InChI=1S/C13H18N4O3.BrH/c1-9(18)15-7-8-16-13(14-2)17-11-5-3-10(4-6-11)12(19)20;/h3-6H,7-8H2,1-2H3,(H,15,18)(H,19,20)(H2,14,16,17);1H. The minimum atomic E-state index is -0.964. The van der Waals surface area contributed by atoms with E-state index >= 15 is 0 Å². The van der Waals surface area contributed by atoms with Gasteiger partial charge in [0.1, 0.15) is 0 Å². The monoisotopic (exact) mass is 358 g/mol. The molecule has 0 aliphatic heterocycles. The first-order valence-electron chi connectivity index (χ1n) is 6.08. The largest absolute Gasteiger partial charge is 0.478 e. The van der Waals surface area contributed by atoms with E-state index in [1.807, 2.05) is 0 Å². The molecule has 0 aliphatic carbocycles. The van der Waals surface area contributed by atoms with Gasteiger partial charge < -0.3 is 21.1 Å². The number of carbonyl (C=O) groups is 2. The third-order valence-electron chi connectivity index (χ3n) is 2.41. The number of anilines is 1. The maximum absolute atomic E-state index is 10.7. The summed E-state index contributed by atoms with van der Waals surface area (Å²) in [5.74, 6) is -0.508. The van der Waals surface area contributed by atoms with Crippen molar-refractivity contribution in [1.29, 1.82) is 0 Å². The van der Waals surface area contributed by atoms with Crippen LogP contribution in [0.15, 0.2) is 29.3 Å². The van der Waals surface area contributed by atoms with Crippen molar-refractivity contribution >= 4 is 40.5 Å². The van der Waals surface area contributed by atoms with Gasteiger partial charge in [-0.1, -0.05) is 0 Å². The smallest absolute Gasteiger partial charge is 0.335 e. The second-order valence-electron chi connectivity index (χ2n) is 3.99. The molecule has 0 unspecified atom stereocenters. The summed E-state index contributed by atoms with van der Waals surface area (Å²) < 4.78 is 0. The topological polar surface area (TPSA) is 103 Å². The highest BCUT2D eigenvalue weighted by molar-refractivity contribution is 8.93. The molecule has 7 nitrogen and oxygen atoms in total. The maximum Gasteiger partial charge on any atom is 0.335 e. The second kappa shape index (κ2) is 9.76. The molecule has 0 spiro atoms. The molecule has 0 heterocycles. The van der Waals surface area contributed by atoms with Crippen molar-refractivity contribution in [2.45, 2.75) is 6.92 Å². The van der Waals surface area contributed by atoms with Crippen molar-refractivity contribution in [2.75, 3.05) is 25.5 Å². The lowest BCUT2D eigenvalue weighted by atomic mass is 10.2. The number of carboxylic acid groups (broad SMARTS) is 1. The molecule has 1 amide bonds. The fourth-order valence-electron chi connectivity index (χ4n) is 1.43. The van der Waals surface area contributed by atoms with Crippen LogP contribution in [0.3, 0.4) is 0 Å². The van der Waals surface area contributed by atoms with Crippen molar-refractivity contribution in [3.63, 3.8) is 0 Å². The number of amides is 1. The van der Waals surface area contributed by atoms with Gasteiger partial charge >= 0.3 is 5.97 Å². The summed E-state index contributed by atoms with van der Waals surface area (Å²) in [5, 5.41) is 17.5. The Hall–Kier alpha value is -2.09. The number of hydrogen-bond acceptors (Lipinski definition) is 3. The van der Waals surface area contributed by atoms with Gasteiger partial charge in [0.05, 0.1) is 5.56 Å². The van der Waals surface area contributed by atoms with Crippen molar-refractivity contribution in [1.82, 2.24) is 10.6 Å². The molecule has 0 fully saturated rings. The Morgan fingerprint density at radius 2 is 1.71 bits per heavy atom. The van der Waals surface area contributed by atoms with Crippen LogP contribution in [0.5, 0.6) is 0 Å². The molecule has 0 aromatic heterocycles. The molecule has 116 valence electrons. The summed E-state index contributed by atoms with van der Waals surface area (Å²) in [6.07, 6.45) is 0. The molecular weight excluding hydrogens is 340 g/mol. The number of aliphatic imine (C=N–C) groups is 1. The number of hydrogen-bond donors (Lipinski definition) is 4. The molecule has 4 N–H and O–H groups in total. The first-order valence-corrected chi connectivity index (χ1v) is 6.08. The third kappa shape index (κ3) is 7.31. The first kappa shape index (κ1) is 18.9. The van der Waals surface area contributed by atoms with Crippen LogP contribution in [0.1, 0.15) is 17.3 Å². The Kier molecular flexibility index (Phi) is 8.79. The van der Waals surface area contributed by atoms with E-state index in [4.69, 9.17) is 5.11 Å². The molecule has 21 heavy (non-hydrogen) atoms. The number of halogens is 1. The van der Waals surface area contributed by atoms with Gasteiger partial charge in [0, 0.05) is 32.7 Å². The van der Waals surface area contributed by atoms with Gasteiger partial charge in [-0.25, -0.2) is 4.79 Å². The predicted octanol–water partition coefficient (Wildman–Crippen LogP) is 1.09.